The molecule has 2 aromatic carbocycles. The number of nitrogens with zero attached hydrogens (tertiary/aromatic N) is 2. The second kappa shape index (κ2) is 7.41. The third-order valence-corrected chi connectivity index (χ3v) is 3.41. The fourth-order valence-corrected chi connectivity index (χ4v) is 2.21. The molecule has 0 saturated heterocycles. The van der Waals surface area contributed by atoms with E-state index in [1.807, 2.05) is 24.3 Å². The highest BCUT2D eigenvalue weighted by Crippen LogP contribution is 2.19. The van der Waals surface area contributed by atoms with Gasteiger partial charge < -0.3 is 15.4 Å². The Bertz CT molecular complexity index is 808. The molecule has 0 spiro atoms. The number of halogens is 1. The molecule has 0 fully saturated rings. The summed E-state index contributed by atoms with van der Waals surface area (Å²) in [7, 11) is 1.65. The van der Waals surface area contributed by atoms with E-state index >= 15 is 0 Å². The molecule has 6 heteroatoms. The van der Waals surface area contributed by atoms with Gasteiger partial charge >= 0.3 is 0 Å². The maximum absolute atomic E-state index is 12.9. The number of ether oxygens (including phenoxy) is 1. The topological polar surface area (TPSA) is 59.1 Å². The molecular weight excluding hydrogens is 307 g/mol. The van der Waals surface area contributed by atoms with Gasteiger partial charge in [-0.3, -0.25) is 0 Å². The van der Waals surface area contributed by atoms with Crippen LogP contribution in [0.15, 0.2) is 60.8 Å². The number of methoxy groups -OCH3 is 1. The van der Waals surface area contributed by atoms with E-state index in [1.54, 1.807) is 31.5 Å². The highest BCUT2D eigenvalue weighted by atomic mass is 19.1. The third kappa shape index (κ3) is 3.98. The minimum Gasteiger partial charge on any atom is -0.496 e. The van der Waals surface area contributed by atoms with E-state index in [2.05, 4.69) is 20.6 Å². The van der Waals surface area contributed by atoms with Crippen LogP contribution in [-0.4, -0.2) is 17.1 Å². The van der Waals surface area contributed by atoms with Crippen LogP contribution in [0.3, 0.4) is 0 Å². The third-order valence-electron chi connectivity index (χ3n) is 3.41. The van der Waals surface area contributed by atoms with Crippen molar-refractivity contribution >= 4 is 17.5 Å². The number of anilines is 3. The van der Waals surface area contributed by atoms with Gasteiger partial charge in [0.1, 0.15) is 17.4 Å². The summed E-state index contributed by atoms with van der Waals surface area (Å²) >= 11 is 0. The molecule has 0 unspecified atom stereocenters. The molecule has 0 amide bonds. The van der Waals surface area contributed by atoms with Gasteiger partial charge in [0.2, 0.25) is 5.95 Å². The van der Waals surface area contributed by atoms with Crippen molar-refractivity contribution in [2.45, 2.75) is 6.54 Å². The van der Waals surface area contributed by atoms with Gasteiger partial charge in [0, 0.05) is 24.0 Å². The average Bonchev–Trinajstić information content (AvgIpc) is 2.62. The summed E-state index contributed by atoms with van der Waals surface area (Å²) in [6.45, 7) is 0.580. The number of para-hydroxylation sites is 1. The summed E-state index contributed by atoms with van der Waals surface area (Å²) in [5.41, 5.74) is 1.75. The number of benzene rings is 2. The molecule has 1 aromatic heterocycles. The van der Waals surface area contributed by atoms with Crippen LogP contribution in [0.4, 0.5) is 21.8 Å². The van der Waals surface area contributed by atoms with Crippen molar-refractivity contribution in [2.24, 2.45) is 0 Å². The Morgan fingerprint density at radius 2 is 1.83 bits per heavy atom. The molecule has 0 aliphatic carbocycles. The predicted molar refractivity (Wildman–Crippen MR) is 92.0 cm³/mol. The fourth-order valence-electron chi connectivity index (χ4n) is 2.21. The van der Waals surface area contributed by atoms with Crippen molar-refractivity contribution in [3.8, 4) is 5.75 Å². The zero-order valence-electron chi connectivity index (χ0n) is 13.2. The monoisotopic (exact) mass is 324 g/mol. The van der Waals surface area contributed by atoms with E-state index in [1.165, 1.54) is 12.1 Å². The van der Waals surface area contributed by atoms with E-state index in [9.17, 15) is 4.39 Å². The lowest BCUT2D eigenvalue weighted by Gasteiger charge is -2.11. The van der Waals surface area contributed by atoms with E-state index in [0.29, 0.717) is 18.3 Å². The van der Waals surface area contributed by atoms with Gasteiger partial charge in [-0.25, -0.2) is 9.37 Å². The van der Waals surface area contributed by atoms with Gasteiger partial charge in [-0.15, -0.1) is 0 Å². The first-order valence-corrected chi connectivity index (χ1v) is 7.46. The first-order chi connectivity index (χ1) is 11.7. The molecule has 3 aromatic rings. The number of hydrogen-bond acceptors (Lipinski definition) is 5. The lowest BCUT2D eigenvalue weighted by molar-refractivity contribution is 0.410. The summed E-state index contributed by atoms with van der Waals surface area (Å²) < 4.78 is 18.3. The molecule has 2 N–H and O–H groups in total. The van der Waals surface area contributed by atoms with Crippen LogP contribution in [-0.2, 0) is 6.54 Å². The second-order valence-electron chi connectivity index (χ2n) is 5.06. The van der Waals surface area contributed by atoms with Crippen LogP contribution >= 0.6 is 0 Å². The standard InChI is InChI=1S/C18H17FN4O/c1-24-16-5-3-2-4-13(16)12-21-17-10-11-20-18(23-17)22-15-8-6-14(19)7-9-15/h2-11H,12H2,1H3,(H2,20,21,22,23). The molecule has 0 radical (unpaired) electrons. The predicted octanol–water partition coefficient (Wildman–Crippen LogP) is 3.98. The molecular formula is C18H17FN4O. The molecule has 3 rings (SSSR count). The van der Waals surface area contributed by atoms with E-state index < -0.39 is 0 Å². The number of hydrogen-bond donors (Lipinski definition) is 2. The minimum atomic E-state index is -0.284. The van der Waals surface area contributed by atoms with Crippen LogP contribution in [0.1, 0.15) is 5.56 Å². The van der Waals surface area contributed by atoms with Gasteiger partial charge in [-0.1, -0.05) is 18.2 Å². The molecule has 0 atom stereocenters. The number of aromatic nitrogens is 2. The lowest BCUT2D eigenvalue weighted by atomic mass is 10.2. The Morgan fingerprint density at radius 3 is 2.62 bits per heavy atom. The zero-order chi connectivity index (χ0) is 16.8. The van der Waals surface area contributed by atoms with Crippen LogP contribution in [0.2, 0.25) is 0 Å². The van der Waals surface area contributed by atoms with Crippen LogP contribution < -0.4 is 15.4 Å². The van der Waals surface area contributed by atoms with Gasteiger partial charge in [0.25, 0.3) is 0 Å². The summed E-state index contributed by atoms with van der Waals surface area (Å²) in [6, 6.07) is 15.6. The van der Waals surface area contributed by atoms with Crippen molar-refractivity contribution in [3.63, 3.8) is 0 Å². The summed E-state index contributed by atoms with van der Waals surface area (Å²) in [6.07, 6.45) is 1.66. The first-order valence-electron chi connectivity index (χ1n) is 7.46. The Morgan fingerprint density at radius 1 is 1.04 bits per heavy atom. The molecule has 0 aliphatic heterocycles. The molecule has 5 nitrogen and oxygen atoms in total. The SMILES string of the molecule is COc1ccccc1CNc1ccnc(Nc2ccc(F)cc2)n1. The van der Waals surface area contributed by atoms with Crippen molar-refractivity contribution in [1.82, 2.24) is 9.97 Å². The minimum absolute atomic E-state index is 0.284. The maximum atomic E-state index is 12.9. The Balaban J connectivity index is 1.68. The Hall–Kier alpha value is -3.15. The molecule has 0 saturated carbocycles. The quantitative estimate of drug-likeness (QED) is 0.718. The van der Waals surface area contributed by atoms with Crippen molar-refractivity contribution in [1.29, 1.82) is 0 Å². The molecule has 0 bridgehead atoms. The summed E-state index contributed by atoms with van der Waals surface area (Å²) in [5, 5.41) is 6.28. The second-order valence-corrected chi connectivity index (χ2v) is 5.06. The van der Waals surface area contributed by atoms with Crippen molar-refractivity contribution < 1.29 is 9.13 Å². The molecule has 0 aliphatic rings. The van der Waals surface area contributed by atoms with Crippen molar-refractivity contribution in [3.05, 3.63) is 72.2 Å². The number of nitrogens with one attached hydrogen (secondary N) is 2. The fraction of sp³-hybridized carbons (Fsp3) is 0.111. The number of rotatable bonds is 6. The summed E-state index contributed by atoms with van der Waals surface area (Å²) in [5.74, 6) is 1.66. The van der Waals surface area contributed by atoms with E-state index in [-0.39, 0.29) is 5.82 Å². The Kier molecular flexibility index (Phi) is 4.86. The molecule has 24 heavy (non-hydrogen) atoms. The van der Waals surface area contributed by atoms with Gasteiger partial charge in [-0.05, 0) is 36.4 Å². The highest BCUT2D eigenvalue weighted by molar-refractivity contribution is 5.54. The maximum Gasteiger partial charge on any atom is 0.229 e. The van der Waals surface area contributed by atoms with Crippen LogP contribution in [0, 0.1) is 5.82 Å². The highest BCUT2D eigenvalue weighted by Gasteiger charge is 2.04. The summed E-state index contributed by atoms with van der Waals surface area (Å²) in [4.78, 5) is 8.56. The van der Waals surface area contributed by atoms with Gasteiger partial charge in [0.15, 0.2) is 0 Å². The largest absolute Gasteiger partial charge is 0.496 e. The van der Waals surface area contributed by atoms with E-state index in [4.69, 9.17) is 4.74 Å². The average molecular weight is 324 g/mol. The van der Waals surface area contributed by atoms with Gasteiger partial charge in [0.05, 0.1) is 7.11 Å². The smallest absolute Gasteiger partial charge is 0.229 e. The van der Waals surface area contributed by atoms with Crippen LogP contribution in [0.5, 0.6) is 5.75 Å². The van der Waals surface area contributed by atoms with Crippen LogP contribution in [0.25, 0.3) is 0 Å². The normalized spacial score (nSPS) is 10.2. The van der Waals surface area contributed by atoms with Gasteiger partial charge in [-0.2, -0.15) is 4.98 Å². The Labute approximate surface area is 139 Å². The van der Waals surface area contributed by atoms with E-state index in [0.717, 1.165) is 17.0 Å². The molecule has 1 heterocycles. The lowest BCUT2D eigenvalue weighted by Crippen LogP contribution is -2.05. The first kappa shape index (κ1) is 15.7. The van der Waals surface area contributed by atoms with Crippen molar-refractivity contribution in [2.75, 3.05) is 17.7 Å². The zero-order valence-corrected chi connectivity index (χ0v) is 13.2. The molecule has 122 valence electrons.